The molecule has 4 heteroatoms. The molecule has 17 heavy (non-hydrogen) atoms. The van der Waals surface area contributed by atoms with Crippen molar-refractivity contribution in [3.8, 4) is 0 Å². The van der Waals surface area contributed by atoms with Crippen LogP contribution in [0.5, 0.6) is 0 Å². The van der Waals surface area contributed by atoms with E-state index in [1.54, 1.807) is 25.4 Å². The third-order valence-corrected chi connectivity index (χ3v) is 3.07. The van der Waals surface area contributed by atoms with Gasteiger partial charge in [-0.25, -0.2) is 4.98 Å². The van der Waals surface area contributed by atoms with Crippen LogP contribution in [-0.2, 0) is 0 Å². The third-order valence-electron chi connectivity index (χ3n) is 3.07. The second-order valence-corrected chi connectivity index (χ2v) is 4.07. The Hall–Kier alpha value is -1.58. The average Bonchev–Trinajstić information content (AvgIpc) is 2.39. The molecule has 0 aliphatic carbocycles. The van der Waals surface area contributed by atoms with E-state index in [0.717, 1.165) is 12.8 Å². The minimum Gasteiger partial charge on any atom is -0.373 e. The van der Waals surface area contributed by atoms with Gasteiger partial charge >= 0.3 is 0 Å². The predicted octanol–water partition coefficient (Wildman–Crippen LogP) is 2.38. The number of carbonyl (C=O) groups is 1. The molecule has 0 atom stereocenters. The average molecular weight is 235 g/mol. The Labute approximate surface area is 103 Å². The van der Waals surface area contributed by atoms with Gasteiger partial charge in [-0.1, -0.05) is 13.8 Å². The highest BCUT2D eigenvalue weighted by Crippen LogP contribution is 2.13. The monoisotopic (exact) mass is 235 g/mol. The fourth-order valence-corrected chi connectivity index (χ4v) is 1.91. The Morgan fingerprint density at radius 1 is 1.47 bits per heavy atom. The summed E-state index contributed by atoms with van der Waals surface area (Å²) in [7, 11) is 3.65. The Kier molecular flexibility index (Phi) is 4.94. The van der Waals surface area contributed by atoms with Gasteiger partial charge in [-0.3, -0.25) is 4.79 Å². The van der Waals surface area contributed by atoms with Gasteiger partial charge in [-0.05, 0) is 25.0 Å². The fraction of sp³-hybridized carbons (Fsp3) is 0.538. The predicted molar refractivity (Wildman–Crippen MR) is 70.2 cm³/mol. The van der Waals surface area contributed by atoms with Crippen molar-refractivity contribution in [3.63, 3.8) is 0 Å². The Morgan fingerprint density at radius 3 is 2.65 bits per heavy atom. The van der Waals surface area contributed by atoms with Crippen LogP contribution in [-0.4, -0.2) is 35.9 Å². The molecule has 1 rings (SSSR count). The van der Waals surface area contributed by atoms with Crippen LogP contribution in [0.2, 0.25) is 0 Å². The Morgan fingerprint density at radius 2 is 2.12 bits per heavy atom. The summed E-state index contributed by atoms with van der Waals surface area (Å²) in [6.45, 7) is 4.20. The number of hydrogen-bond donors (Lipinski definition) is 1. The number of carbonyl (C=O) groups excluding carboxylic acids is 1. The molecule has 0 saturated carbocycles. The number of anilines is 1. The van der Waals surface area contributed by atoms with E-state index in [-0.39, 0.29) is 5.91 Å². The van der Waals surface area contributed by atoms with Gasteiger partial charge in [0.25, 0.3) is 5.91 Å². The first-order valence-corrected chi connectivity index (χ1v) is 6.05. The van der Waals surface area contributed by atoms with Gasteiger partial charge in [-0.15, -0.1) is 0 Å². The molecule has 0 fully saturated rings. The molecule has 0 saturated heterocycles. The van der Waals surface area contributed by atoms with E-state index in [1.165, 1.54) is 0 Å². The molecule has 0 aliphatic heterocycles. The van der Waals surface area contributed by atoms with Gasteiger partial charge in [0.2, 0.25) is 0 Å². The first-order valence-electron chi connectivity index (χ1n) is 6.05. The second-order valence-electron chi connectivity index (χ2n) is 4.07. The number of hydrogen-bond acceptors (Lipinski definition) is 3. The van der Waals surface area contributed by atoms with Gasteiger partial charge in [0.05, 0.1) is 0 Å². The van der Waals surface area contributed by atoms with Gasteiger partial charge < -0.3 is 10.2 Å². The lowest BCUT2D eigenvalue weighted by atomic mass is 10.1. The molecule has 0 radical (unpaired) electrons. The molecule has 94 valence electrons. The quantitative estimate of drug-likeness (QED) is 0.852. The molecular formula is C13H21N3O. The number of nitrogens with one attached hydrogen (secondary N) is 1. The zero-order valence-corrected chi connectivity index (χ0v) is 11.0. The van der Waals surface area contributed by atoms with Gasteiger partial charge in [-0.2, -0.15) is 0 Å². The molecule has 1 N–H and O–H groups in total. The SMILES string of the molecule is CCC(CC)N(C)C(=O)c1ccnc(NC)c1. The zero-order chi connectivity index (χ0) is 12.8. The molecule has 1 heterocycles. The van der Waals surface area contributed by atoms with Crippen LogP contribution in [0, 0.1) is 0 Å². The topological polar surface area (TPSA) is 45.2 Å². The van der Waals surface area contributed by atoms with Crippen LogP contribution in [0.25, 0.3) is 0 Å². The van der Waals surface area contributed by atoms with Crippen LogP contribution >= 0.6 is 0 Å². The van der Waals surface area contributed by atoms with Gasteiger partial charge in [0, 0.05) is 31.9 Å². The lowest BCUT2D eigenvalue weighted by Gasteiger charge is -2.26. The van der Waals surface area contributed by atoms with E-state index in [9.17, 15) is 4.79 Å². The summed E-state index contributed by atoms with van der Waals surface area (Å²) < 4.78 is 0. The normalized spacial score (nSPS) is 10.4. The first-order chi connectivity index (χ1) is 8.13. The van der Waals surface area contributed by atoms with E-state index in [0.29, 0.717) is 17.4 Å². The van der Waals surface area contributed by atoms with Crippen molar-refractivity contribution in [3.05, 3.63) is 23.9 Å². The number of nitrogens with zero attached hydrogens (tertiary/aromatic N) is 2. The van der Waals surface area contributed by atoms with Crippen molar-refractivity contribution < 1.29 is 4.79 Å². The molecule has 1 aromatic rings. The molecule has 0 aromatic carbocycles. The summed E-state index contributed by atoms with van der Waals surface area (Å²) in [5.74, 6) is 0.770. The van der Waals surface area contributed by atoms with Crippen molar-refractivity contribution in [2.75, 3.05) is 19.4 Å². The number of amides is 1. The van der Waals surface area contributed by atoms with Crippen molar-refractivity contribution in [2.24, 2.45) is 0 Å². The van der Waals surface area contributed by atoms with Crippen molar-refractivity contribution in [1.29, 1.82) is 0 Å². The summed E-state index contributed by atoms with van der Waals surface area (Å²) in [6.07, 6.45) is 3.60. The van der Waals surface area contributed by atoms with Gasteiger partial charge in [0.1, 0.15) is 5.82 Å². The third kappa shape index (κ3) is 3.19. The van der Waals surface area contributed by atoms with Crippen LogP contribution < -0.4 is 5.32 Å². The molecule has 0 bridgehead atoms. The second kappa shape index (κ2) is 6.23. The lowest BCUT2D eigenvalue weighted by molar-refractivity contribution is 0.0723. The van der Waals surface area contributed by atoms with Crippen molar-refractivity contribution in [1.82, 2.24) is 9.88 Å². The summed E-state index contributed by atoms with van der Waals surface area (Å²) in [5.41, 5.74) is 0.679. The molecule has 1 aromatic heterocycles. The lowest BCUT2D eigenvalue weighted by Crippen LogP contribution is -2.36. The Bertz CT molecular complexity index is 375. The minimum atomic E-state index is 0.0533. The van der Waals surface area contributed by atoms with E-state index >= 15 is 0 Å². The zero-order valence-electron chi connectivity index (χ0n) is 11.0. The van der Waals surface area contributed by atoms with E-state index in [2.05, 4.69) is 24.1 Å². The Balaban J connectivity index is 2.87. The summed E-state index contributed by atoms with van der Waals surface area (Å²) in [6, 6.07) is 3.83. The largest absolute Gasteiger partial charge is 0.373 e. The molecular weight excluding hydrogens is 214 g/mol. The maximum absolute atomic E-state index is 12.2. The summed E-state index contributed by atoms with van der Waals surface area (Å²) >= 11 is 0. The first kappa shape index (κ1) is 13.5. The minimum absolute atomic E-state index is 0.0533. The van der Waals surface area contributed by atoms with E-state index in [1.807, 2.05) is 11.9 Å². The molecule has 4 nitrogen and oxygen atoms in total. The van der Waals surface area contributed by atoms with Crippen molar-refractivity contribution >= 4 is 11.7 Å². The highest BCUT2D eigenvalue weighted by molar-refractivity contribution is 5.94. The van der Waals surface area contributed by atoms with E-state index < -0.39 is 0 Å². The summed E-state index contributed by atoms with van der Waals surface area (Å²) in [4.78, 5) is 18.2. The molecule has 0 spiro atoms. The molecule has 0 aliphatic rings. The molecule has 1 amide bonds. The van der Waals surface area contributed by atoms with Crippen LogP contribution in [0.15, 0.2) is 18.3 Å². The van der Waals surface area contributed by atoms with Crippen LogP contribution in [0.3, 0.4) is 0 Å². The van der Waals surface area contributed by atoms with Gasteiger partial charge in [0.15, 0.2) is 0 Å². The maximum atomic E-state index is 12.2. The van der Waals surface area contributed by atoms with Crippen LogP contribution in [0.1, 0.15) is 37.0 Å². The highest BCUT2D eigenvalue weighted by Gasteiger charge is 2.18. The molecule has 0 unspecified atom stereocenters. The number of rotatable bonds is 5. The standard InChI is InChI=1S/C13H21N3O/c1-5-11(6-2)16(4)13(17)10-7-8-15-12(9-10)14-3/h7-9,11H,5-6H2,1-4H3,(H,14,15). The smallest absolute Gasteiger partial charge is 0.254 e. The van der Waals surface area contributed by atoms with E-state index in [4.69, 9.17) is 0 Å². The number of pyridine rings is 1. The van der Waals surface area contributed by atoms with Crippen LogP contribution in [0.4, 0.5) is 5.82 Å². The van der Waals surface area contributed by atoms with Crippen molar-refractivity contribution in [2.45, 2.75) is 32.7 Å². The summed E-state index contributed by atoms with van der Waals surface area (Å²) in [5, 5.41) is 2.94. The highest BCUT2D eigenvalue weighted by atomic mass is 16.2. The fourth-order valence-electron chi connectivity index (χ4n) is 1.91. The maximum Gasteiger partial charge on any atom is 0.254 e. The number of aromatic nitrogens is 1.